The van der Waals surface area contributed by atoms with Crippen LogP contribution in [-0.2, 0) is 32.7 Å². The third kappa shape index (κ3) is 31.2. The normalized spacial score (nSPS) is 22.2. The van der Waals surface area contributed by atoms with E-state index in [1.54, 1.807) is 0 Å². The summed E-state index contributed by atoms with van der Waals surface area (Å²) in [6, 6.07) is 0. The molecule has 0 aromatic heterocycles. The van der Waals surface area contributed by atoms with Crippen LogP contribution in [0.2, 0.25) is 0 Å². The van der Waals surface area contributed by atoms with Gasteiger partial charge in [-0.25, -0.2) is 4.57 Å². The van der Waals surface area contributed by atoms with Gasteiger partial charge < -0.3 is 39.9 Å². The van der Waals surface area contributed by atoms with E-state index in [4.69, 9.17) is 18.5 Å². The van der Waals surface area contributed by atoms with Crippen molar-refractivity contribution in [3.8, 4) is 0 Å². The topological polar surface area (TPSA) is 210 Å². The van der Waals surface area contributed by atoms with Crippen LogP contribution >= 0.6 is 7.82 Å². The Bertz CT molecular complexity index is 1390. The molecule has 6 unspecified atom stereocenters. The molecule has 0 aromatic carbocycles. The van der Waals surface area contributed by atoms with Crippen molar-refractivity contribution in [2.24, 2.45) is 0 Å². The SMILES string of the molecule is CCCC/C=C/C/C=C/CCCCCCCC(=O)OC[C@H](COP(=O)(O)OC1C(O)C(O)C(O)[C@@H](O)C1O)OC(=O)CCC/C=C/C/C=C/C/C=C/C/C=C/CCCCCCCCC. The highest BCUT2D eigenvalue weighted by molar-refractivity contribution is 7.47. The number of hydrogen-bond donors (Lipinski definition) is 6. The van der Waals surface area contributed by atoms with E-state index in [2.05, 4.69) is 74.6 Å². The Morgan fingerprint density at radius 2 is 0.875 bits per heavy atom. The lowest BCUT2D eigenvalue weighted by atomic mass is 9.85. The van der Waals surface area contributed by atoms with Gasteiger partial charge in [0.15, 0.2) is 6.10 Å². The summed E-state index contributed by atoms with van der Waals surface area (Å²) in [5, 5.41) is 50.2. The van der Waals surface area contributed by atoms with Gasteiger partial charge in [0.1, 0.15) is 43.2 Å². The molecule has 1 saturated carbocycles. The summed E-state index contributed by atoms with van der Waals surface area (Å²) in [5.74, 6) is -1.19. The highest BCUT2D eigenvalue weighted by Crippen LogP contribution is 2.47. The maximum atomic E-state index is 12.8. The first-order valence-corrected chi connectivity index (χ1v) is 25.7. The highest BCUT2D eigenvalue weighted by atomic mass is 31.2. The molecule has 1 aliphatic rings. The maximum Gasteiger partial charge on any atom is 0.472 e. The van der Waals surface area contributed by atoms with Gasteiger partial charge in [-0.3, -0.25) is 18.6 Å². The molecule has 0 bridgehead atoms. The molecule has 1 rings (SSSR count). The zero-order valence-electron chi connectivity index (χ0n) is 39.0. The minimum Gasteiger partial charge on any atom is -0.462 e. The van der Waals surface area contributed by atoms with Gasteiger partial charge in [0.05, 0.1) is 6.61 Å². The molecular weight excluding hydrogens is 840 g/mol. The lowest BCUT2D eigenvalue weighted by Gasteiger charge is -2.41. The Morgan fingerprint density at radius 3 is 1.38 bits per heavy atom. The molecule has 368 valence electrons. The van der Waals surface area contributed by atoms with Crippen LogP contribution in [0.15, 0.2) is 72.9 Å². The molecule has 13 nitrogen and oxygen atoms in total. The average Bonchev–Trinajstić information content (AvgIpc) is 3.28. The van der Waals surface area contributed by atoms with Gasteiger partial charge in [-0.15, -0.1) is 0 Å². The molecule has 0 radical (unpaired) electrons. The predicted molar refractivity (Wildman–Crippen MR) is 253 cm³/mol. The van der Waals surface area contributed by atoms with Gasteiger partial charge in [0.25, 0.3) is 0 Å². The standard InChI is InChI=1S/C50H85O13P/c1-3-5-7-9-11-13-15-17-19-20-21-22-23-24-25-27-29-31-33-35-37-39-44(52)62-42(41-61-64(58,59)63-50-48(56)46(54)45(53)47(55)49(50)57)40-60-43(51)38-36-34-32-30-28-26-18-16-14-12-10-8-6-4-2/h10,12,16,18-20,22-23,25,27,31,33,42,45-50,53-57H,3-9,11,13-15,17,21,24,26,28-30,32,34-41H2,1-2H3,(H,58,59)/b12-10+,18-16+,20-19+,23-22+,27-25+,33-31+/t42-,45?,46-,47?,48?,49?,50?/m1/s1. The Balaban J connectivity index is 2.49. The summed E-state index contributed by atoms with van der Waals surface area (Å²) in [4.78, 5) is 35.7. The van der Waals surface area contributed by atoms with Crippen LogP contribution in [-0.4, -0.2) is 98.3 Å². The monoisotopic (exact) mass is 925 g/mol. The summed E-state index contributed by atoms with van der Waals surface area (Å²) in [6.45, 7) is 3.19. The van der Waals surface area contributed by atoms with E-state index in [1.807, 2.05) is 12.2 Å². The van der Waals surface area contributed by atoms with Crippen molar-refractivity contribution in [3.05, 3.63) is 72.9 Å². The second-order valence-electron chi connectivity index (χ2n) is 16.6. The number of aliphatic hydroxyl groups excluding tert-OH is 5. The fourth-order valence-corrected chi connectivity index (χ4v) is 7.80. The lowest BCUT2D eigenvalue weighted by Crippen LogP contribution is -2.64. The van der Waals surface area contributed by atoms with Gasteiger partial charge >= 0.3 is 19.8 Å². The molecule has 14 heteroatoms. The third-order valence-corrected chi connectivity index (χ3v) is 11.8. The largest absolute Gasteiger partial charge is 0.472 e. The molecule has 8 atom stereocenters. The minimum absolute atomic E-state index is 0.0145. The van der Waals surface area contributed by atoms with Crippen LogP contribution in [0.5, 0.6) is 0 Å². The van der Waals surface area contributed by atoms with E-state index < -0.39 is 75.7 Å². The van der Waals surface area contributed by atoms with E-state index in [1.165, 1.54) is 57.8 Å². The zero-order chi connectivity index (χ0) is 47.1. The quantitative estimate of drug-likeness (QED) is 0.0147. The molecule has 0 aliphatic heterocycles. The lowest BCUT2D eigenvalue weighted by molar-refractivity contribution is -0.220. The Labute approximate surface area is 385 Å². The minimum atomic E-state index is -5.14. The summed E-state index contributed by atoms with van der Waals surface area (Å²) >= 11 is 0. The number of rotatable bonds is 39. The number of aliphatic hydroxyl groups is 5. The third-order valence-electron chi connectivity index (χ3n) is 10.8. The number of allylic oxidation sites excluding steroid dienone is 12. The van der Waals surface area contributed by atoms with Gasteiger partial charge in [0.2, 0.25) is 0 Å². The van der Waals surface area contributed by atoms with Crippen LogP contribution in [0.3, 0.4) is 0 Å². The summed E-state index contributed by atoms with van der Waals surface area (Å²) < 4.78 is 33.5. The summed E-state index contributed by atoms with van der Waals surface area (Å²) in [7, 11) is -5.14. The van der Waals surface area contributed by atoms with Gasteiger partial charge in [-0.05, 0) is 77.0 Å². The number of carbonyl (C=O) groups is 2. The number of unbranched alkanes of at least 4 members (excludes halogenated alkanes) is 15. The fourth-order valence-electron chi connectivity index (χ4n) is 6.82. The van der Waals surface area contributed by atoms with E-state index >= 15 is 0 Å². The van der Waals surface area contributed by atoms with Crippen LogP contribution < -0.4 is 0 Å². The second-order valence-corrected chi connectivity index (χ2v) is 18.0. The Kier molecular flexibility index (Phi) is 36.6. The van der Waals surface area contributed by atoms with Crippen molar-refractivity contribution in [3.63, 3.8) is 0 Å². The first-order valence-electron chi connectivity index (χ1n) is 24.2. The first kappa shape index (κ1) is 59.3. The molecular formula is C50H85O13P. The number of ether oxygens (including phenoxy) is 2. The molecule has 1 fully saturated rings. The molecule has 0 spiro atoms. The average molecular weight is 925 g/mol. The van der Waals surface area contributed by atoms with Crippen LogP contribution in [0, 0.1) is 0 Å². The van der Waals surface area contributed by atoms with E-state index in [0.29, 0.717) is 19.3 Å². The van der Waals surface area contributed by atoms with Crippen molar-refractivity contribution in [2.75, 3.05) is 13.2 Å². The second kappa shape index (κ2) is 39.5. The number of esters is 2. The molecule has 0 heterocycles. The van der Waals surface area contributed by atoms with Gasteiger partial charge in [0, 0.05) is 12.8 Å². The maximum absolute atomic E-state index is 12.8. The van der Waals surface area contributed by atoms with Crippen molar-refractivity contribution < 1.29 is 63.1 Å². The van der Waals surface area contributed by atoms with E-state index in [9.17, 15) is 44.6 Å². The molecule has 6 N–H and O–H groups in total. The van der Waals surface area contributed by atoms with Crippen LogP contribution in [0.1, 0.15) is 174 Å². The Hall–Kier alpha value is -2.71. The molecule has 64 heavy (non-hydrogen) atoms. The zero-order valence-corrected chi connectivity index (χ0v) is 39.9. The van der Waals surface area contributed by atoms with E-state index in [0.717, 1.165) is 70.6 Å². The van der Waals surface area contributed by atoms with Crippen LogP contribution in [0.4, 0.5) is 0 Å². The summed E-state index contributed by atoms with van der Waals surface area (Å²) in [6.07, 6.45) is 36.8. The van der Waals surface area contributed by atoms with Crippen LogP contribution in [0.25, 0.3) is 0 Å². The number of carbonyl (C=O) groups excluding carboxylic acids is 2. The smallest absolute Gasteiger partial charge is 0.462 e. The van der Waals surface area contributed by atoms with Crippen molar-refractivity contribution in [2.45, 2.75) is 217 Å². The fraction of sp³-hybridized carbons (Fsp3) is 0.720. The Morgan fingerprint density at radius 1 is 0.484 bits per heavy atom. The van der Waals surface area contributed by atoms with Crippen molar-refractivity contribution in [1.29, 1.82) is 0 Å². The number of hydrogen-bond acceptors (Lipinski definition) is 12. The molecule has 0 aromatic rings. The summed E-state index contributed by atoms with van der Waals surface area (Å²) in [5.41, 5.74) is 0. The van der Waals surface area contributed by atoms with Crippen molar-refractivity contribution >= 4 is 19.8 Å². The molecule has 0 amide bonds. The highest BCUT2D eigenvalue weighted by Gasteiger charge is 2.51. The first-order chi connectivity index (χ1) is 30.9. The molecule has 1 aliphatic carbocycles. The predicted octanol–water partition coefficient (Wildman–Crippen LogP) is 9.89. The van der Waals surface area contributed by atoms with Crippen molar-refractivity contribution in [1.82, 2.24) is 0 Å². The number of phosphoric acid groups is 1. The van der Waals surface area contributed by atoms with Gasteiger partial charge in [-0.2, -0.15) is 0 Å². The molecule has 0 saturated heterocycles. The number of phosphoric ester groups is 1. The van der Waals surface area contributed by atoms with Gasteiger partial charge in [-0.1, -0.05) is 157 Å². The van der Waals surface area contributed by atoms with E-state index in [-0.39, 0.29) is 12.8 Å².